The van der Waals surface area contributed by atoms with Gasteiger partial charge in [0.25, 0.3) is 0 Å². The van der Waals surface area contributed by atoms with Crippen molar-refractivity contribution in [3.8, 4) is 0 Å². The van der Waals surface area contributed by atoms with Crippen LogP contribution >= 0.6 is 24.0 Å². The van der Waals surface area contributed by atoms with Crippen LogP contribution in [0.1, 0.15) is 24.8 Å². The van der Waals surface area contributed by atoms with Crippen LogP contribution in [-0.2, 0) is 11.2 Å². The van der Waals surface area contributed by atoms with Crippen LogP contribution in [0, 0.1) is 0 Å². The van der Waals surface area contributed by atoms with Crippen LogP contribution < -0.4 is 5.32 Å². The van der Waals surface area contributed by atoms with Gasteiger partial charge in [-0.25, -0.2) is 0 Å². The average Bonchev–Trinajstić information content (AvgIpc) is 3.05. The van der Waals surface area contributed by atoms with Gasteiger partial charge in [-0.15, -0.1) is 0 Å². The van der Waals surface area contributed by atoms with Crippen LogP contribution in [0.4, 0.5) is 0 Å². The molecule has 21 heavy (non-hydrogen) atoms. The largest absolute Gasteiger partial charge is 0.358 e. The van der Waals surface area contributed by atoms with Gasteiger partial charge in [-0.3, -0.25) is 4.79 Å². The quantitative estimate of drug-likeness (QED) is 0.645. The zero-order valence-corrected chi connectivity index (χ0v) is 13.8. The highest BCUT2D eigenvalue weighted by molar-refractivity contribution is 8.23. The van der Waals surface area contributed by atoms with Crippen molar-refractivity contribution in [2.24, 2.45) is 0 Å². The van der Waals surface area contributed by atoms with Crippen molar-refractivity contribution in [2.75, 3.05) is 25.4 Å². The number of carbonyl (C=O) groups is 1. The molecule has 0 aliphatic carbocycles. The third kappa shape index (κ3) is 6.06. The lowest BCUT2D eigenvalue weighted by Crippen LogP contribution is -2.29. The number of nitrogens with one attached hydrogen (secondary N) is 1. The Hall–Kier alpha value is -1.07. The van der Waals surface area contributed by atoms with Crippen LogP contribution in [0.15, 0.2) is 30.3 Å². The number of nitrogens with zero attached hydrogens (tertiary/aromatic N) is 1. The molecule has 1 aliphatic rings. The summed E-state index contributed by atoms with van der Waals surface area (Å²) in [4.78, 5) is 14.0. The Morgan fingerprint density at radius 1 is 1.24 bits per heavy atom. The van der Waals surface area contributed by atoms with E-state index in [1.807, 2.05) is 18.2 Å². The molecule has 0 atom stereocenters. The lowest BCUT2D eigenvalue weighted by Gasteiger charge is -2.17. The van der Waals surface area contributed by atoms with Gasteiger partial charge in [0.1, 0.15) is 4.32 Å². The van der Waals surface area contributed by atoms with Crippen molar-refractivity contribution in [1.29, 1.82) is 0 Å². The van der Waals surface area contributed by atoms with Crippen molar-refractivity contribution in [3.63, 3.8) is 0 Å². The molecule has 0 spiro atoms. The molecule has 5 heteroatoms. The van der Waals surface area contributed by atoms with E-state index in [1.54, 1.807) is 0 Å². The molecule has 0 radical (unpaired) electrons. The molecular weight excluding hydrogens is 300 g/mol. The first-order valence-electron chi connectivity index (χ1n) is 7.48. The van der Waals surface area contributed by atoms with Crippen LogP contribution in [0.2, 0.25) is 0 Å². The summed E-state index contributed by atoms with van der Waals surface area (Å²) < 4.78 is 0.868. The summed E-state index contributed by atoms with van der Waals surface area (Å²) in [6.45, 7) is 2.82. The van der Waals surface area contributed by atoms with Gasteiger partial charge in [0.15, 0.2) is 0 Å². The second kappa shape index (κ2) is 9.05. The smallest absolute Gasteiger partial charge is 0.230 e. The maximum atomic E-state index is 11.8. The Labute approximate surface area is 136 Å². The fourth-order valence-electron chi connectivity index (χ4n) is 2.33. The summed E-state index contributed by atoms with van der Waals surface area (Å²) in [7, 11) is 0. The molecule has 0 bridgehead atoms. The highest BCUT2D eigenvalue weighted by Crippen LogP contribution is 2.15. The van der Waals surface area contributed by atoms with E-state index in [-0.39, 0.29) is 5.91 Å². The van der Waals surface area contributed by atoms with Crippen molar-refractivity contribution < 1.29 is 4.79 Å². The molecule has 0 aromatic heterocycles. The Bertz CT molecular complexity index is 459. The van der Waals surface area contributed by atoms with E-state index in [2.05, 4.69) is 22.3 Å². The number of carbonyl (C=O) groups excluding carboxylic acids is 1. The molecule has 1 fully saturated rings. The SMILES string of the molecule is O=C(CSC(=S)N1CCCC1)NCCCc1ccccc1. The van der Waals surface area contributed by atoms with Crippen molar-refractivity contribution in [1.82, 2.24) is 10.2 Å². The normalized spacial score (nSPS) is 14.2. The van der Waals surface area contributed by atoms with Crippen LogP contribution in [0.25, 0.3) is 0 Å². The standard InChI is InChI=1S/C16H22N2OS2/c19-15(13-21-16(20)18-11-4-5-12-18)17-10-6-9-14-7-2-1-3-8-14/h1-3,7-8H,4-6,9-13H2,(H,17,19). The Kier molecular flexibility index (Phi) is 7.03. The maximum Gasteiger partial charge on any atom is 0.230 e. The molecule has 0 saturated carbocycles. The van der Waals surface area contributed by atoms with Crippen molar-refractivity contribution in [2.45, 2.75) is 25.7 Å². The first kappa shape index (κ1) is 16.3. The van der Waals surface area contributed by atoms with Gasteiger partial charge in [0.2, 0.25) is 5.91 Å². The molecule has 2 rings (SSSR count). The first-order valence-corrected chi connectivity index (χ1v) is 8.87. The number of thiocarbonyl (C=S) groups is 1. The summed E-state index contributed by atoms with van der Waals surface area (Å²) in [6, 6.07) is 10.3. The number of rotatable bonds is 6. The summed E-state index contributed by atoms with van der Waals surface area (Å²) in [5, 5.41) is 2.96. The fourth-order valence-corrected chi connectivity index (χ4v) is 3.42. The molecular formula is C16H22N2OS2. The lowest BCUT2D eigenvalue weighted by atomic mass is 10.1. The van der Waals surface area contributed by atoms with E-state index in [0.717, 1.165) is 36.8 Å². The molecule has 114 valence electrons. The summed E-state index contributed by atoms with van der Waals surface area (Å²) >= 11 is 6.82. The van der Waals surface area contributed by atoms with Gasteiger partial charge < -0.3 is 10.2 Å². The highest BCUT2D eigenvalue weighted by atomic mass is 32.2. The maximum absolute atomic E-state index is 11.8. The summed E-state index contributed by atoms with van der Waals surface area (Å²) in [5.74, 6) is 0.510. The van der Waals surface area contributed by atoms with Crippen molar-refractivity contribution in [3.05, 3.63) is 35.9 Å². The highest BCUT2D eigenvalue weighted by Gasteiger charge is 2.15. The van der Waals surface area contributed by atoms with Gasteiger partial charge >= 0.3 is 0 Å². The Balaban J connectivity index is 1.54. The third-order valence-electron chi connectivity index (χ3n) is 3.50. The topological polar surface area (TPSA) is 32.3 Å². The van der Waals surface area contributed by atoms with E-state index in [1.165, 1.54) is 30.2 Å². The number of amides is 1. The molecule has 0 unspecified atom stereocenters. The lowest BCUT2D eigenvalue weighted by molar-refractivity contribution is -0.118. The van der Waals surface area contributed by atoms with E-state index >= 15 is 0 Å². The molecule has 1 N–H and O–H groups in total. The summed E-state index contributed by atoms with van der Waals surface area (Å²) in [6.07, 6.45) is 4.40. The number of hydrogen-bond donors (Lipinski definition) is 1. The average molecular weight is 322 g/mol. The number of hydrogen-bond acceptors (Lipinski definition) is 3. The first-order chi connectivity index (χ1) is 10.3. The Morgan fingerprint density at radius 3 is 2.67 bits per heavy atom. The van der Waals surface area contributed by atoms with Gasteiger partial charge in [-0.1, -0.05) is 54.3 Å². The van der Waals surface area contributed by atoms with Gasteiger partial charge in [-0.05, 0) is 31.2 Å². The number of benzene rings is 1. The van der Waals surface area contributed by atoms with E-state index in [4.69, 9.17) is 12.2 Å². The molecule has 3 nitrogen and oxygen atoms in total. The number of likely N-dealkylation sites (tertiary alicyclic amines) is 1. The van der Waals surface area contributed by atoms with Gasteiger partial charge in [-0.2, -0.15) is 0 Å². The zero-order chi connectivity index (χ0) is 14.9. The molecule has 1 saturated heterocycles. The number of aryl methyl sites for hydroxylation is 1. The molecule has 1 aliphatic heterocycles. The van der Waals surface area contributed by atoms with Crippen LogP contribution in [0.5, 0.6) is 0 Å². The molecule has 1 amide bonds. The molecule has 1 heterocycles. The Morgan fingerprint density at radius 2 is 1.95 bits per heavy atom. The second-order valence-corrected chi connectivity index (χ2v) is 6.80. The van der Waals surface area contributed by atoms with Gasteiger partial charge in [0.05, 0.1) is 5.75 Å². The van der Waals surface area contributed by atoms with Crippen LogP contribution in [0.3, 0.4) is 0 Å². The minimum Gasteiger partial charge on any atom is -0.358 e. The van der Waals surface area contributed by atoms with Crippen molar-refractivity contribution >= 4 is 34.2 Å². The minimum absolute atomic E-state index is 0.0783. The molecule has 1 aromatic rings. The van der Waals surface area contributed by atoms with Crippen LogP contribution in [-0.4, -0.2) is 40.5 Å². The fraction of sp³-hybridized carbons (Fsp3) is 0.500. The van der Waals surface area contributed by atoms with E-state index in [9.17, 15) is 4.79 Å². The number of thioether (sulfide) groups is 1. The van der Waals surface area contributed by atoms with Gasteiger partial charge in [0, 0.05) is 19.6 Å². The third-order valence-corrected chi connectivity index (χ3v) is 5.02. The molecule has 1 aromatic carbocycles. The predicted molar refractivity (Wildman–Crippen MR) is 93.6 cm³/mol. The summed E-state index contributed by atoms with van der Waals surface area (Å²) in [5.41, 5.74) is 1.32. The zero-order valence-electron chi connectivity index (χ0n) is 12.2. The van der Waals surface area contributed by atoms with E-state index in [0.29, 0.717) is 5.75 Å². The second-order valence-electron chi connectivity index (χ2n) is 5.19. The monoisotopic (exact) mass is 322 g/mol. The van der Waals surface area contributed by atoms with E-state index < -0.39 is 0 Å². The predicted octanol–water partition coefficient (Wildman–Crippen LogP) is 2.85. The minimum atomic E-state index is 0.0783.